The van der Waals surface area contributed by atoms with Crippen molar-refractivity contribution in [1.82, 2.24) is 0 Å². The molecule has 1 heterocycles. The van der Waals surface area contributed by atoms with Gasteiger partial charge in [0, 0.05) is 11.3 Å². The smallest absolute Gasteiger partial charge is 0.300 e. The molecule has 3 aromatic rings. The van der Waals surface area contributed by atoms with Crippen LogP contribution in [0.15, 0.2) is 72.3 Å². The van der Waals surface area contributed by atoms with Crippen LogP contribution >= 0.6 is 11.6 Å². The number of aliphatic hydroxyl groups excluding tert-OH is 1. The lowest BCUT2D eigenvalue weighted by Gasteiger charge is -2.25. The van der Waals surface area contributed by atoms with Crippen LogP contribution in [-0.4, -0.2) is 30.5 Å². The lowest BCUT2D eigenvalue weighted by atomic mass is 9.95. The van der Waals surface area contributed by atoms with E-state index in [1.54, 1.807) is 48.5 Å². The highest BCUT2D eigenvalue weighted by Gasteiger charge is 2.47. The van der Waals surface area contributed by atoms with Gasteiger partial charge in [0.2, 0.25) is 0 Å². The Morgan fingerprint density at radius 3 is 2.32 bits per heavy atom. The molecule has 1 unspecified atom stereocenters. The van der Waals surface area contributed by atoms with Gasteiger partial charge < -0.3 is 14.6 Å². The molecule has 1 aliphatic heterocycles. The summed E-state index contributed by atoms with van der Waals surface area (Å²) in [6.45, 7) is 4.34. The number of anilines is 1. The summed E-state index contributed by atoms with van der Waals surface area (Å²) in [7, 11) is 1.46. The molecular formula is C27H24ClNO5. The molecule has 0 radical (unpaired) electrons. The Morgan fingerprint density at radius 2 is 1.71 bits per heavy atom. The van der Waals surface area contributed by atoms with Gasteiger partial charge in [0.1, 0.15) is 17.3 Å². The lowest BCUT2D eigenvalue weighted by Crippen LogP contribution is -2.29. The Balaban J connectivity index is 1.91. The first-order chi connectivity index (χ1) is 16.3. The van der Waals surface area contributed by atoms with E-state index in [1.807, 2.05) is 26.0 Å². The van der Waals surface area contributed by atoms with E-state index < -0.39 is 17.7 Å². The molecule has 6 nitrogen and oxygen atoms in total. The van der Waals surface area contributed by atoms with Crippen LogP contribution in [0.3, 0.4) is 0 Å². The zero-order valence-corrected chi connectivity index (χ0v) is 19.8. The topological polar surface area (TPSA) is 76.1 Å². The molecule has 34 heavy (non-hydrogen) atoms. The first-order valence-corrected chi connectivity index (χ1v) is 11.2. The van der Waals surface area contributed by atoms with E-state index >= 15 is 0 Å². The maximum absolute atomic E-state index is 13.3. The van der Waals surface area contributed by atoms with Gasteiger partial charge in [-0.3, -0.25) is 14.5 Å². The number of hydrogen-bond donors (Lipinski definition) is 1. The van der Waals surface area contributed by atoms with Gasteiger partial charge in [0.15, 0.2) is 0 Å². The molecular weight excluding hydrogens is 454 g/mol. The van der Waals surface area contributed by atoms with Crippen LogP contribution in [0.4, 0.5) is 5.69 Å². The van der Waals surface area contributed by atoms with Gasteiger partial charge >= 0.3 is 0 Å². The van der Waals surface area contributed by atoms with Crippen molar-refractivity contribution in [2.45, 2.75) is 19.9 Å². The van der Waals surface area contributed by atoms with Crippen LogP contribution in [0.1, 0.15) is 29.7 Å². The predicted octanol–water partition coefficient (Wildman–Crippen LogP) is 5.68. The van der Waals surface area contributed by atoms with Gasteiger partial charge in [-0.15, -0.1) is 0 Å². The number of methoxy groups -OCH3 is 1. The van der Waals surface area contributed by atoms with E-state index in [-0.39, 0.29) is 11.3 Å². The third-order valence-electron chi connectivity index (χ3n) is 5.69. The van der Waals surface area contributed by atoms with E-state index in [4.69, 9.17) is 21.1 Å². The number of amides is 1. The molecule has 1 amide bonds. The molecule has 7 heteroatoms. The molecule has 0 saturated carbocycles. The third kappa shape index (κ3) is 4.24. The van der Waals surface area contributed by atoms with Crippen molar-refractivity contribution in [3.63, 3.8) is 0 Å². The summed E-state index contributed by atoms with van der Waals surface area (Å²) < 4.78 is 10.8. The fourth-order valence-corrected chi connectivity index (χ4v) is 4.19. The van der Waals surface area contributed by atoms with Crippen LogP contribution in [0.25, 0.3) is 5.76 Å². The predicted molar refractivity (Wildman–Crippen MR) is 132 cm³/mol. The van der Waals surface area contributed by atoms with E-state index in [2.05, 4.69) is 0 Å². The molecule has 0 aliphatic carbocycles. The van der Waals surface area contributed by atoms with Gasteiger partial charge in [-0.2, -0.15) is 0 Å². The molecule has 1 saturated heterocycles. The highest BCUT2D eigenvalue weighted by atomic mass is 35.5. The Hall–Kier alpha value is -3.77. The number of ether oxygens (including phenoxy) is 2. The van der Waals surface area contributed by atoms with Gasteiger partial charge in [0.25, 0.3) is 11.7 Å². The van der Waals surface area contributed by atoms with Gasteiger partial charge in [0.05, 0.1) is 30.4 Å². The van der Waals surface area contributed by atoms with Crippen LogP contribution in [0.5, 0.6) is 11.5 Å². The molecule has 4 rings (SSSR count). The number of hydrogen-bond acceptors (Lipinski definition) is 5. The lowest BCUT2D eigenvalue weighted by molar-refractivity contribution is -0.132. The molecule has 1 N–H and O–H groups in total. The van der Waals surface area contributed by atoms with E-state index in [0.717, 1.165) is 5.56 Å². The molecule has 1 fully saturated rings. The zero-order chi connectivity index (χ0) is 24.4. The number of carbonyl (C=O) groups is 2. The van der Waals surface area contributed by atoms with E-state index in [0.29, 0.717) is 39.9 Å². The monoisotopic (exact) mass is 477 g/mol. The number of aryl methyl sites for hydroxylation is 1. The van der Waals surface area contributed by atoms with E-state index in [1.165, 1.54) is 18.1 Å². The van der Waals surface area contributed by atoms with Gasteiger partial charge in [-0.05, 0) is 61.9 Å². The molecule has 174 valence electrons. The summed E-state index contributed by atoms with van der Waals surface area (Å²) in [5, 5.41) is 11.6. The molecule has 1 atom stereocenters. The molecule has 0 aromatic heterocycles. The van der Waals surface area contributed by atoms with Crippen molar-refractivity contribution >= 4 is 34.7 Å². The van der Waals surface area contributed by atoms with Crippen molar-refractivity contribution in [2.24, 2.45) is 0 Å². The van der Waals surface area contributed by atoms with Crippen LogP contribution in [-0.2, 0) is 9.59 Å². The molecule has 0 bridgehead atoms. The minimum absolute atomic E-state index is 0.0147. The number of halogens is 1. The highest BCUT2D eigenvalue weighted by molar-refractivity contribution is 6.51. The third-order valence-corrected chi connectivity index (χ3v) is 6.00. The van der Waals surface area contributed by atoms with Crippen LogP contribution < -0.4 is 14.4 Å². The Kier molecular flexibility index (Phi) is 6.61. The Bertz CT molecular complexity index is 1270. The summed E-state index contributed by atoms with van der Waals surface area (Å²) in [5.41, 5.74) is 2.54. The van der Waals surface area contributed by atoms with Crippen molar-refractivity contribution < 1.29 is 24.2 Å². The van der Waals surface area contributed by atoms with Gasteiger partial charge in [-0.25, -0.2) is 0 Å². The summed E-state index contributed by atoms with van der Waals surface area (Å²) in [5.74, 6) is -0.782. The first-order valence-electron chi connectivity index (χ1n) is 10.8. The van der Waals surface area contributed by atoms with Crippen molar-refractivity contribution in [3.05, 3.63) is 94.0 Å². The normalized spacial score (nSPS) is 17.2. The summed E-state index contributed by atoms with van der Waals surface area (Å²) in [6, 6.07) is 18.3. The fraction of sp³-hybridized carbons (Fsp3) is 0.185. The quantitative estimate of drug-likeness (QED) is 0.281. The van der Waals surface area contributed by atoms with Crippen molar-refractivity contribution in [2.75, 3.05) is 18.6 Å². The second kappa shape index (κ2) is 9.61. The number of Topliss-reactive ketones (excluding diaryl/α,β-unsaturated/α-hetero) is 1. The standard InChI is InChI=1S/C27H24ClNO5/c1-4-34-20-12-7-17(8-13-20)24-23(25(30)18-9-14-21(28)22(15-18)33-3)26(31)27(32)29(24)19-10-5-16(2)6-11-19/h5-15,24,30H,4H2,1-3H3/b25-23-. The average molecular weight is 478 g/mol. The largest absolute Gasteiger partial charge is 0.507 e. The number of benzene rings is 3. The molecule has 1 aliphatic rings. The fourth-order valence-electron chi connectivity index (χ4n) is 4.00. The SMILES string of the molecule is CCOc1ccc(C2/C(=C(/O)c3ccc(Cl)c(OC)c3)C(=O)C(=O)N2c2ccc(C)cc2)cc1. The number of carbonyl (C=O) groups excluding carboxylic acids is 2. The summed E-state index contributed by atoms with van der Waals surface area (Å²) in [6.07, 6.45) is 0. The zero-order valence-electron chi connectivity index (χ0n) is 19.0. The van der Waals surface area contributed by atoms with Crippen LogP contribution in [0, 0.1) is 6.92 Å². The number of ketones is 1. The maximum atomic E-state index is 13.3. The minimum Gasteiger partial charge on any atom is -0.507 e. The Labute approximate surface area is 203 Å². The molecule has 0 spiro atoms. The number of aliphatic hydroxyl groups is 1. The Morgan fingerprint density at radius 1 is 1.03 bits per heavy atom. The number of rotatable bonds is 6. The summed E-state index contributed by atoms with van der Waals surface area (Å²) >= 11 is 6.13. The maximum Gasteiger partial charge on any atom is 0.300 e. The van der Waals surface area contributed by atoms with Crippen LogP contribution in [0.2, 0.25) is 5.02 Å². The van der Waals surface area contributed by atoms with Crippen molar-refractivity contribution in [3.8, 4) is 11.5 Å². The minimum atomic E-state index is -0.833. The van der Waals surface area contributed by atoms with E-state index in [9.17, 15) is 14.7 Å². The first kappa shape index (κ1) is 23.4. The second-order valence-electron chi connectivity index (χ2n) is 7.86. The summed E-state index contributed by atoms with van der Waals surface area (Å²) in [4.78, 5) is 27.9. The van der Waals surface area contributed by atoms with Crippen molar-refractivity contribution in [1.29, 1.82) is 0 Å². The average Bonchev–Trinajstić information content (AvgIpc) is 3.10. The molecule has 3 aromatic carbocycles. The highest BCUT2D eigenvalue weighted by Crippen LogP contribution is 2.43. The second-order valence-corrected chi connectivity index (χ2v) is 8.26. The number of nitrogens with zero attached hydrogens (tertiary/aromatic N) is 1. The van der Waals surface area contributed by atoms with Gasteiger partial charge in [-0.1, -0.05) is 41.4 Å².